The average Bonchev–Trinajstić information content (AvgIpc) is 3.37. The fourth-order valence-electron chi connectivity index (χ4n) is 3.44. The quantitative estimate of drug-likeness (QED) is 0.206. The smallest absolute Gasteiger partial charge is 0.331 e. The number of nitrogens with one attached hydrogen (secondary N) is 1. The number of nitro benzene ring substituents is 1. The van der Waals surface area contributed by atoms with Crippen molar-refractivity contribution >= 4 is 41.2 Å². The monoisotopic (exact) mass is 511 g/mol. The van der Waals surface area contributed by atoms with Crippen molar-refractivity contribution in [2.24, 2.45) is 0 Å². The molecule has 184 valence electrons. The molecule has 0 spiro atoms. The molecule has 0 saturated carbocycles. The Morgan fingerprint density at radius 2 is 1.97 bits per heavy atom. The Kier molecular flexibility index (Phi) is 7.02. The summed E-state index contributed by atoms with van der Waals surface area (Å²) in [6.45, 7) is -0.181. The second-order valence-electron chi connectivity index (χ2n) is 7.54. The number of nitrogens with zero attached hydrogens (tertiary/aromatic N) is 2. The fraction of sp³-hybridized carbons (Fsp3) is 0.125. The van der Waals surface area contributed by atoms with Crippen LogP contribution < -0.4 is 14.8 Å². The number of methoxy groups -OCH3 is 1. The van der Waals surface area contributed by atoms with Crippen molar-refractivity contribution in [2.75, 3.05) is 7.11 Å². The first-order chi connectivity index (χ1) is 17.3. The van der Waals surface area contributed by atoms with Gasteiger partial charge in [0.25, 0.3) is 17.5 Å². The molecule has 1 N–H and O–H groups in total. The van der Waals surface area contributed by atoms with E-state index in [1.165, 1.54) is 49.8 Å². The number of urea groups is 1. The third-order valence-corrected chi connectivity index (χ3v) is 5.43. The number of carbonyl (C=O) groups is 3. The minimum atomic E-state index is -0.862. The lowest BCUT2D eigenvalue weighted by atomic mass is 10.1. The molecule has 11 nitrogen and oxygen atoms in total. The van der Waals surface area contributed by atoms with Crippen LogP contribution >= 0.6 is 11.6 Å². The molecule has 4 amide bonds. The molecular weight excluding hydrogens is 494 g/mol. The number of rotatable bonds is 8. The van der Waals surface area contributed by atoms with Crippen molar-refractivity contribution in [1.82, 2.24) is 10.2 Å². The van der Waals surface area contributed by atoms with E-state index in [1.54, 1.807) is 18.2 Å². The molecule has 2 aromatic carbocycles. The highest BCUT2D eigenvalue weighted by atomic mass is 35.5. The molecule has 1 aliphatic rings. The number of hydrogen-bond donors (Lipinski definition) is 1. The predicted octanol–water partition coefficient (Wildman–Crippen LogP) is 4.09. The summed E-state index contributed by atoms with van der Waals surface area (Å²) in [7, 11) is 1.38. The summed E-state index contributed by atoms with van der Waals surface area (Å²) in [6.07, 6.45) is 2.68. The molecule has 1 aliphatic heterocycles. The normalized spacial score (nSPS) is 14.7. The van der Waals surface area contributed by atoms with Crippen LogP contribution in [0.2, 0.25) is 5.02 Å². The summed E-state index contributed by atoms with van der Waals surface area (Å²) in [6, 6.07) is 11.2. The number of ether oxygens (including phenoxy) is 2. The van der Waals surface area contributed by atoms with Crippen LogP contribution in [0.5, 0.6) is 11.5 Å². The maximum absolute atomic E-state index is 12.9. The van der Waals surface area contributed by atoms with Crippen LogP contribution in [-0.4, -0.2) is 34.8 Å². The summed E-state index contributed by atoms with van der Waals surface area (Å²) >= 11 is 6.39. The van der Waals surface area contributed by atoms with E-state index in [2.05, 4.69) is 5.32 Å². The van der Waals surface area contributed by atoms with Crippen LogP contribution in [0.15, 0.2) is 64.8 Å². The van der Waals surface area contributed by atoms with Crippen molar-refractivity contribution in [3.05, 3.63) is 92.4 Å². The van der Waals surface area contributed by atoms with Gasteiger partial charge in [-0.05, 0) is 41.5 Å². The molecule has 12 heteroatoms. The van der Waals surface area contributed by atoms with Crippen molar-refractivity contribution < 1.29 is 33.2 Å². The summed E-state index contributed by atoms with van der Waals surface area (Å²) < 4.78 is 16.3. The first kappa shape index (κ1) is 24.5. The van der Waals surface area contributed by atoms with Crippen LogP contribution in [0.3, 0.4) is 0 Å². The minimum absolute atomic E-state index is 0.0249. The van der Waals surface area contributed by atoms with Gasteiger partial charge in [0, 0.05) is 12.1 Å². The first-order valence-corrected chi connectivity index (χ1v) is 10.8. The summed E-state index contributed by atoms with van der Waals surface area (Å²) in [5.41, 5.74) is 0.514. The van der Waals surface area contributed by atoms with Gasteiger partial charge in [-0.15, -0.1) is 0 Å². The second kappa shape index (κ2) is 10.3. The second-order valence-corrected chi connectivity index (χ2v) is 7.94. The van der Waals surface area contributed by atoms with Gasteiger partial charge in [0.05, 0.1) is 29.9 Å². The van der Waals surface area contributed by atoms with Gasteiger partial charge in [0.15, 0.2) is 11.5 Å². The molecule has 1 fully saturated rings. The lowest BCUT2D eigenvalue weighted by Gasteiger charge is -2.25. The molecule has 0 bridgehead atoms. The largest absolute Gasteiger partial charge is 0.493 e. The van der Waals surface area contributed by atoms with E-state index in [0.29, 0.717) is 16.9 Å². The third kappa shape index (κ3) is 5.20. The molecule has 1 saturated heterocycles. The van der Waals surface area contributed by atoms with Gasteiger partial charge in [-0.25, -0.2) is 4.79 Å². The number of halogens is 1. The van der Waals surface area contributed by atoms with Gasteiger partial charge < -0.3 is 13.9 Å². The number of hydrogen-bond acceptors (Lipinski definition) is 8. The summed E-state index contributed by atoms with van der Waals surface area (Å²) in [5, 5.41) is 13.2. The van der Waals surface area contributed by atoms with Gasteiger partial charge in [0.1, 0.15) is 17.9 Å². The van der Waals surface area contributed by atoms with Gasteiger partial charge in [-0.2, -0.15) is 0 Å². The standard InChI is InChI=1S/C24H18ClN3O8/c1-34-20-11-15(10-19(25)21(20)36-13-14-4-2-5-16(8-14)28(32)33)9-18-22(29)26-24(31)27(23(18)30)12-17-6-3-7-35-17/h2-11H,12-13H2,1H3,(H,26,29,31)/b18-9+. The Balaban J connectivity index is 1.58. The van der Waals surface area contributed by atoms with Crippen LogP contribution in [0, 0.1) is 10.1 Å². The van der Waals surface area contributed by atoms with Crippen molar-refractivity contribution in [1.29, 1.82) is 0 Å². The van der Waals surface area contributed by atoms with Crippen LogP contribution in [0.1, 0.15) is 16.9 Å². The van der Waals surface area contributed by atoms with Crippen molar-refractivity contribution in [3.8, 4) is 11.5 Å². The number of amides is 4. The van der Waals surface area contributed by atoms with Crippen LogP contribution in [0.25, 0.3) is 6.08 Å². The zero-order valence-corrected chi connectivity index (χ0v) is 19.5. The molecule has 1 aromatic heterocycles. The average molecular weight is 512 g/mol. The molecule has 36 heavy (non-hydrogen) atoms. The van der Waals surface area contributed by atoms with Gasteiger partial charge in [-0.3, -0.25) is 29.9 Å². The number of imide groups is 2. The zero-order chi connectivity index (χ0) is 25.8. The molecule has 0 unspecified atom stereocenters. The highest BCUT2D eigenvalue weighted by Gasteiger charge is 2.36. The number of carbonyl (C=O) groups excluding carboxylic acids is 3. The highest BCUT2D eigenvalue weighted by molar-refractivity contribution is 6.33. The SMILES string of the molecule is COc1cc(/C=C2\C(=O)NC(=O)N(Cc3ccco3)C2=O)cc(Cl)c1OCc1cccc([N+](=O)[O-])c1. The minimum Gasteiger partial charge on any atom is -0.493 e. The molecule has 0 radical (unpaired) electrons. The van der Waals surface area contributed by atoms with E-state index in [9.17, 15) is 24.5 Å². The van der Waals surface area contributed by atoms with Gasteiger partial charge >= 0.3 is 6.03 Å². The van der Waals surface area contributed by atoms with E-state index in [4.69, 9.17) is 25.5 Å². The van der Waals surface area contributed by atoms with Crippen LogP contribution in [-0.2, 0) is 22.7 Å². The molecule has 4 rings (SSSR count). The lowest BCUT2D eigenvalue weighted by Crippen LogP contribution is -2.53. The predicted molar refractivity (Wildman–Crippen MR) is 126 cm³/mol. The van der Waals surface area contributed by atoms with E-state index in [-0.39, 0.29) is 40.9 Å². The molecular formula is C24H18ClN3O8. The maximum atomic E-state index is 12.9. The third-order valence-electron chi connectivity index (χ3n) is 5.15. The Hall–Kier alpha value is -4.64. The molecule has 3 aromatic rings. The van der Waals surface area contributed by atoms with Crippen molar-refractivity contribution in [2.45, 2.75) is 13.2 Å². The number of furan rings is 1. The van der Waals surface area contributed by atoms with E-state index in [1.807, 2.05) is 0 Å². The summed E-state index contributed by atoms with van der Waals surface area (Å²) in [5.74, 6) is -0.931. The Bertz CT molecular complexity index is 1380. The Morgan fingerprint density at radius 1 is 1.17 bits per heavy atom. The number of benzene rings is 2. The topological polar surface area (TPSA) is 141 Å². The number of nitro groups is 1. The van der Waals surface area contributed by atoms with E-state index in [0.717, 1.165) is 4.90 Å². The molecule has 0 aliphatic carbocycles. The zero-order valence-electron chi connectivity index (χ0n) is 18.7. The Morgan fingerprint density at radius 3 is 2.67 bits per heavy atom. The molecule has 2 heterocycles. The first-order valence-electron chi connectivity index (χ1n) is 10.4. The number of non-ortho nitro benzene ring substituents is 1. The highest BCUT2D eigenvalue weighted by Crippen LogP contribution is 2.38. The van der Waals surface area contributed by atoms with Crippen molar-refractivity contribution in [3.63, 3.8) is 0 Å². The molecule has 0 atom stereocenters. The van der Waals surface area contributed by atoms with E-state index < -0.39 is 22.8 Å². The number of barbiturate groups is 1. The lowest BCUT2D eigenvalue weighted by molar-refractivity contribution is -0.384. The fourth-order valence-corrected chi connectivity index (χ4v) is 3.71. The van der Waals surface area contributed by atoms with Gasteiger partial charge in [-0.1, -0.05) is 23.7 Å². The Labute approximate surface area is 209 Å². The summed E-state index contributed by atoms with van der Waals surface area (Å²) in [4.78, 5) is 48.8. The maximum Gasteiger partial charge on any atom is 0.331 e. The van der Waals surface area contributed by atoms with Crippen LogP contribution in [0.4, 0.5) is 10.5 Å². The van der Waals surface area contributed by atoms with Gasteiger partial charge in [0.2, 0.25) is 0 Å². The van der Waals surface area contributed by atoms with E-state index >= 15 is 0 Å².